The summed E-state index contributed by atoms with van der Waals surface area (Å²) in [4.78, 5) is 45.6. The molecule has 1 aliphatic rings. The zero-order chi connectivity index (χ0) is 19.7. The lowest BCUT2D eigenvalue weighted by molar-refractivity contribution is 0.0303. The van der Waals surface area contributed by atoms with Crippen molar-refractivity contribution in [3.05, 3.63) is 57.8 Å². The molecule has 2 amide bonds. The van der Waals surface area contributed by atoms with Crippen LogP contribution in [0.4, 0.5) is 5.69 Å². The van der Waals surface area contributed by atoms with E-state index in [0.717, 1.165) is 0 Å². The molecule has 1 fully saturated rings. The number of furan rings is 1. The van der Waals surface area contributed by atoms with Crippen molar-refractivity contribution in [1.29, 1.82) is 0 Å². The molecule has 4 rings (SSSR count). The minimum absolute atomic E-state index is 0.0954. The van der Waals surface area contributed by atoms with Gasteiger partial charge in [0.2, 0.25) is 5.71 Å². The van der Waals surface area contributed by atoms with Crippen LogP contribution >= 0.6 is 0 Å². The van der Waals surface area contributed by atoms with Crippen molar-refractivity contribution in [2.45, 2.75) is 6.92 Å². The molecule has 9 nitrogen and oxygen atoms in total. The molecule has 1 aliphatic heterocycles. The van der Waals surface area contributed by atoms with E-state index in [4.69, 9.17) is 9.15 Å². The first kappa shape index (κ1) is 17.9. The Morgan fingerprint density at radius 3 is 2.82 bits per heavy atom. The number of anilines is 1. The number of morpholine rings is 1. The van der Waals surface area contributed by atoms with Crippen LogP contribution in [0.25, 0.3) is 11.1 Å². The van der Waals surface area contributed by atoms with Gasteiger partial charge in [-0.1, -0.05) is 6.07 Å². The molecule has 1 aromatic carbocycles. The zero-order valence-electron chi connectivity index (χ0n) is 15.2. The first-order valence-corrected chi connectivity index (χ1v) is 8.80. The molecule has 2 aromatic heterocycles. The van der Waals surface area contributed by atoms with Gasteiger partial charge in [0.25, 0.3) is 17.4 Å². The van der Waals surface area contributed by atoms with Gasteiger partial charge >= 0.3 is 0 Å². The monoisotopic (exact) mass is 382 g/mol. The molecule has 0 radical (unpaired) electrons. The number of hydrogen-bond donors (Lipinski definition) is 2. The Labute approximate surface area is 159 Å². The predicted octanol–water partition coefficient (Wildman–Crippen LogP) is 1.55. The lowest BCUT2D eigenvalue weighted by Crippen LogP contribution is -2.40. The zero-order valence-corrected chi connectivity index (χ0v) is 15.2. The van der Waals surface area contributed by atoms with Crippen molar-refractivity contribution in [2.75, 3.05) is 31.6 Å². The third-order valence-electron chi connectivity index (χ3n) is 4.56. The molecule has 0 aliphatic carbocycles. The van der Waals surface area contributed by atoms with E-state index >= 15 is 0 Å². The van der Waals surface area contributed by atoms with E-state index in [9.17, 15) is 14.4 Å². The lowest BCUT2D eigenvalue weighted by Gasteiger charge is -2.27. The van der Waals surface area contributed by atoms with Gasteiger partial charge in [-0.25, -0.2) is 4.98 Å². The lowest BCUT2D eigenvalue weighted by atomic mass is 10.1. The van der Waals surface area contributed by atoms with Gasteiger partial charge in [0.1, 0.15) is 11.1 Å². The van der Waals surface area contributed by atoms with E-state index in [-0.39, 0.29) is 28.3 Å². The molecule has 144 valence electrons. The summed E-state index contributed by atoms with van der Waals surface area (Å²) >= 11 is 0. The first-order valence-electron chi connectivity index (χ1n) is 8.80. The van der Waals surface area contributed by atoms with E-state index in [1.807, 2.05) is 0 Å². The normalized spacial score (nSPS) is 14.2. The van der Waals surface area contributed by atoms with Gasteiger partial charge in [0, 0.05) is 24.3 Å². The molecular weight excluding hydrogens is 364 g/mol. The summed E-state index contributed by atoms with van der Waals surface area (Å²) in [6.45, 7) is 3.68. The number of nitrogens with one attached hydrogen (secondary N) is 2. The molecule has 0 spiro atoms. The van der Waals surface area contributed by atoms with Crippen LogP contribution in [-0.4, -0.2) is 53.0 Å². The van der Waals surface area contributed by atoms with Crippen molar-refractivity contribution in [2.24, 2.45) is 0 Å². The van der Waals surface area contributed by atoms with Crippen molar-refractivity contribution in [3.8, 4) is 0 Å². The van der Waals surface area contributed by atoms with Gasteiger partial charge in [-0.15, -0.1) is 0 Å². The van der Waals surface area contributed by atoms with Gasteiger partial charge in [0.05, 0.1) is 25.1 Å². The Bertz CT molecular complexity index is 1110. The van der Waals surface area contributed by atoms with Crippen molar-refractivity contribution in [1.82, 2.24) is 14.9 Å². The number of carbonyl (C=O) groups is 2. The molecule has 28 heavy (non-hydrogen) atoms. The van der Waals surface area contributed by atoms with Gasteiger partial charge in [-0.2, -0.15) is 0 Å². The Hall–Kier alpha value is -3.46. The maximum atomic E-state index is 12.8. The third kappa shape index (κ3) is 3.27. The van der Waals surface area contributed by atoms with E-state index in [1.165, 1.54) is 6.33 Å². The Morgan fingerprint density at radius 1 is 1.25 bits per heavy atom. The summed E-state index contributed by atoms with van der Waals surface area (Å²) in [6, 6.07) is 6.67. The highest BCUT2D eigenvalue weighted by atomic mass is 16.5. The number of hydrogen-bond acceptors (Lipinski definition) is 6. The SMILES string of the molecule is Cc1oc2nc[nH]c(=O)c2c1C(=O)Nc1cccc(C(=O)N2CCOCC2)c1. The number of carbonyl (C=O) groups excluding carboxylic acids is 2. The smallest absolute Gasteiger partial charge is 0.262 e. The van der Waals surface area contributed by atoms with E-state index in [2.05, 4.69) is 15.3 Å². The average Bonchev–Trinajstić information content (AvgIpc) is 3.05. The molecule has 9 heteroatoms. The summed E-state index contributed by atoms with van der Waals surface area (Å²) in [5, 5.41) is 2.82. The van der Waals surface area contributed by atoms with E-state index < -0.39 is 11.5 Å². The molecule has 1 saturated heterocycles. The van der Waals surface area contributed by atoms with Gasteiger partial charge in [0.15, 0.2) is 0 Å². The number of nitrogens with zero attached hydrogens (tertiary/aromatic N) is 2. The second kappa shape index (κ2) is 7.28. The second-order valence-electron chi connectivity index (χ2n) is 6.38. The van der Waals surface area contributed by atoms with Crippen molar-refractivity contribution in [3.63, 3.8) is 0 Å². The number of aromatic amines is 1. The second-order valence-corrected chi connectivity index (χ2v) is 6.38. The Kier molecular flexibility index (Phi) is 4.66. The number of fused-ring (bicyclic) bond motifs is 1. The van der Waals surface area contributed by atoms with Gasteiger partial charge < -0.3 is 24.4 Å². The van der Waals surface area contributed by atoms with Crippen LogP contribution in [-0.2, 0) is 4.74 Å². The number of H-pyrrole nitrogens is 1. The quantitative estimate of drug-likeness (QED) is 0.710. The summed E-state index contributed by atoms with van der Waals surface area (Å²) in [5.41, 5.74) is 0.673. The summed E-state index contributed by atoms with van der Waals surface area (Å²) in [7, 11) is 0. The molecule has 3 aromatic rings. The molecule has 0 atom stereocenters. The molecule has 0 bridgehead atoms. The highest BCUT2D eigenvalue weighted by Crippen LogP contribution is 2.22. The van der Waals surface area contributed by atoms with E-state index in [0.29, 0.717) is 37.6 Å². The van der Waals surface area contributed by atoms with Gasteiger partial charge in [-0.3, -0.25) is 14.4 Å². The first-order chi connectivity index (χ1) is 13.5. The van der Waals surface area contributed by atoms with Crippen LogP contribution in [0.2, 0.25) is 0 Å². The topological polar surface area (TPSA) is 118 Å². The van der Waals surface area contributed by atoms with Gasteiger partial charge in [-0.05, 0) is 25.1 Å². The largest absolute Gasteiger partial charge is 0.442 e. The highest BCUT2D eigenvalue weighted by molar-refractivity contribution is 6.12. The molecule has 3 heterocycles. The van der Waals surface area contributed by atoms with Crippen LogP contribution in [0.5, 0.6) is 0 Å². The summed E-state index contributed by atoms with van der Waals surface area (Å²) in [6.07, 6.45) is 1.22. The number of rotatable bonds is 3. The average molecular weight is 382 g/mol. The molecule has 0 unspecified atom stereocenters. The standard InChI is InChI=1S/C19H18N4O5/c1-11-14(15-16(24)20-10-21-18(15)28-11)17(25)22-13-4-2-3-12(9-13)19(26)23-5-7-27-8-6-23/h2-4,9-10H,5-8H2,1H3,(H,22,25)(H,20,21,24). The van der Waals surface area contributed by atoms with Crippen molar-refractivity contribution < 1.29 is 18.7 Å². The fraction of sp³-hybridized carbons (Fsp3) is 0.263. The van der Waals surface area contributed by atoms with Crippen LogP contribution in [0.15, 0.2) is 39.8 Å². The van der Waals surface area contributed by atoms with Crippen LogP contribution < -0.4 is 10.9 Å². The number of ether oxygens (including phenoxy) is 1. The maximum Gasteiger partial charge on any atom is 0.262 e. The predicted molar refractivity (Wildman–Crippen MR) is 100 cm³/mol. The summed E-state index contributed by atoms with van der Waals surface area (Å²) in [5.74, 6) is -0.340. The van der Waals surface area contributed by atoms with Crippen LogP contribution in [0.1, 0.15) is 26.5 Å². The number of benzene rings is 1. The number of aromatic nitrogens is 2. The Morgan fingerprint density at radius 2 is 2.04 bits per heavy atom. The third-order valence-corrected chi connectivity index (χ3v) is 4.56. The summed E-state index contributed by atoms with van der Waals surface area (Å²) < 4.78 is 10.7. The van der Waals surface area contributed by atoms with Crippen LogP contribution in [0, 0.1) is 6.92 Å². The minimum Gasteiger partial charge on any atom is -0.442 e. The minimum atomic E-state index is -0.509. The number of amides is 2. The molecule has 2 N–H and O–H groups in total. The fourth-order valence-corrected chi connectivity index (χ4v) is 3.20. The van der Waals surface area contributed by atoms with E-state index in [1.54, 1.807) is 36.1 Å². The van der Waals surface area contributed by atoms with Crippen LogP contribution in [0.3, 0.4) is 0 Å². The van der Waals surface area contributed by atoms with Crippen molar-refractivity contribution >= 4 is 28.6 Å². The Balaban J connectivity index is 1.60. The molecular formula is C19H18N4O5. The fourth-order valence-electron chi connectivity index (χ4n) is 3.20. The number of aryl methyl sites for hydroxylation is 1. The highest BCUT2D eigenvalue weighted by Gasteiger charge is 2.23. The molecule has 0 saturated carbocycles. The maximum absolute atomic E-state index is 12.8.